The van der Waals surface area contributed by atoms with Crippen LogP contribution in [0, 0.1) is 12.8 Å². The summed E-state index contributed by atoms with van der Waals surface area (Å²) in [5, 5.41) is 21.3. The molecule has 15 heavy (non-hydrogen) atoms. The van der Waals surface area contributed by atoms with Crippen LogP contribution in [0.2, 0.25) is 0 Å². The Kier molecular flexibility index (Phi) is 2.38. The van der Waals surface area contributed by atoms with Crippen molar-refractivity contribution in [2.75, 3.05) is 5.32 Å². The monoisotopic (exact) mass is 227 g/mol. The summed E-state index contributed by atoms with van der Waals surface area (Å²) in [5.41, 5.74) is -0.897. The maximum absolute atomic E-state index is 11.2. The van der Waals surface area contributed by atoms with Gasteiger partial charge in [0.05, 0.1) is 0 Å². The van der Waals surface area contributed by atoms with Crippen LogP contribution in [0.5, 0.6) is 0 Å². The molecule has 1 aliphatic rings. The van der Waals surface area contributed by atoms with Gasteiger partial charge in [-0.25, -0.2) is 4.79 Å². The summed E-state index contributed by atoms with van der Waals surface area (Å²) in [6, 6.07) is 0. The predicted molar refractivity (Wildman–Crippen MR) is 57.0 cm³/mol. The van der Waals surface area contributed by atoms with Gasteiger partial charge in [0.25, 0.3) is 0 Å². The normalized spacial score (nSPS) is 19.6. The van der Waals surface area contributed by atoms with Crippen LogP contribution in [0.4, 0.5) is 5.13 Å². The fourth-order valence-corrected chi connectivity index (χ4v) is 2.27. The number of anilines is 1. The number of nitrogens with one attached hydrogen (secondary N) is 1. The van der Waals surface area contributed by atoms with Gasteiger partial charge < -0.3 is 10.4 Å². The summed E-state index contributed by atoms with van der Waals surface area (Å²) in [6.45, 7) is 3.56. The van der Waals surface area contributed by atoms with E-state index in [9.17, 15) is 9.90 Å². The summed E-state index contributed by atoms with van der Waals surface area (Å²) in [4.78, 5) is 11.2. The van der Waals surface area contributed by atoms with E-state index in [-0.39, 0.29) is 5.92 Å². The Hall–Kier alpha value is -1.17. The SMILES string of the molecule is Cc1nnc(NC(C)(C(=O)O)C2CC2)s1. The number of aryl methyl sites for hydroxylation is 1. The Morgan fingerprint density at radius 1 is 1.60 bits per heavy atom. The van der Waals surface area contributed by atoms with Gasteiger partial charge in [-0.3, -0.25) is 0 Å². The first-order valence-corrected chi connectivity index (χ1v) is 5.65. The summed E-state index contributed by atoms with van der Waals surface area (Å²) in [7, 11) is 0. The summed E-state index contributed by atoms with van der Waals surface area (Å²) >= 11 is 1.38. The number of hydrogen-bond donors (Lipinski definition) is 2. The molecule has 1 atom stereocenters. The molecule has 1 aromatic heterocycles. The predicted octanol–water partition coefficient (Wildman–Crippen LogP) is 1.51. The fraction of sp³-hybridized carbons (Fsp3) is 0.667. The molecule has 1 unspecified atom stereocenters. The van der Waals surface area contributed by atoms with E-state index in [2.05, 4.69) is 15.5 Å². The van der Waals surface area contributed by atoms with E-state index in [1.165, 1.54) is 11.3 Å². The highest BCUT2D eigenvalue weighted by atomic mass is 32.1. The standard InChI is InChI=1S/C9H13N3O2S/c1-5-11-12-8(15-5)10-9(2,7(13)14)6-3-4-6/h6H,3-4H2,1-2H3,(H,10,12)(H,13,14). The molecule has 1 saturated carbocycles. The number of nitrogens with zero attached hydrogens (tertiary/aromatic N) is 2. The molecule has 5 nitrogen and oxygen atoms in total. The summed E-state index contributed by atoms with van der Waals surface area (Å²) in [6.07, 6.45) is 1.93. The largest absolute Gasteiger partial charge is 0.480 e. The highest BCUT2D eigenvalue weighted by Gasteiger charge is 2.48. The Bertz CT molecular complexity index is 388. The van der Waals surface area contributed by atoms with Gasteiger partial charge in [-0.15, -0.1) is 10.2 Å². The van der Waals surface area contributed by atoms with Crippen molar-refractivity contribution < 1.29 is 9.90 Å². The third-order valence-electron chi connectivity index (χ3n) is 2.73. The van der Waals surface area contributed by atoms with Crippen molar-refractivity contribution in [1.29, 1.82) is 0 Å². The molecule has 0 saturated heterocycles. The second kappa shape index (κ2) is 3.44. The second-order valence-corrected chi connectivity index (χ2v) is 5.21. The molecule has 82 valence electrons. The highest BCUT2D eigenvalue weighted by molar-refractivity contribution is 7.15. The molecule has 2 N–H and O–H groups in total. The van der Waals surface area contributed by atoms with Crippen LogP contribution in [-0.4, -0.2) is 26.8 Å². The Labute approximate surface area is 91.5 Å². The van der Waals surface area contributed by atoms with E-state index in [0.29, 0.717) is 5.13 Å². The zero-order chi connectivity index (χ0) is 11.1. The van der Waals surface area contributed by atoms with Crippen molar-refractivity contribution in [3.63, 3.8) is 0 Å². The van der Waals surface area contributed by atoms with Crippen LogP contribution in [-0.2, 0) is 4.79 Å². The number of carboxylic acid groups (broad SMARTS) is 1. The highest BCUT2D eigenvalue weighted by Crippen LogP contribution is 2.41. The average Bonchev–Trinajstić information content (AvgIpc) is 2.92. The van der Waals surface area contributed by atoms with E-state index < -0.39 is 11.5 Å². The van der Waals surface area contributed by atoms with Crippen molar-refractivity contribution in [2.45, 2.75) is 32.2 Å². The number of carboxylic acids is 1. The maximum Gasteiger partial charge on any atom is 0.329 e. The van der Waals surface area contributed by atoms with Crippen molar-refractivity contribution in [2.24, 2.45) is 5.92 Å². The molecule has 0 radical (unpaired) electrons. The molecule has 0 aliphatic heterocycles. The third kappa shape index (κ3) is 1.94. The van der Waals surface area contributed by atoms with E-state index in [1.54, 1.807) is 6.92 Å². The molecule has 0 spiro atoms. The van der Waals surface area contributed by atoms with Gasteiger partial charge in [0.15, 0.2) is 0 Å². The molecule has 1 heterocycles. The smallest absolute Gasteiger partial charge is 0.329 e. The number of carbonyl (C=O) groups is 1. The van der Waals surface area contributed by atoms with E-state index in [0.717, 1.165) is 17.8 Å². The first kappa shape index (κ1) is 10.4. The molecular weight excluding hydrogens is 214 g/mol. The zero-order valence-corrected chi connectivity index (χ0v) is 9.47. The summed E-state index contributed by atoms with van der Waals surface area (Å²) < 4.78 is 0. The lowest BCUT2D eigenvalue weighted by atomic mass is 9.96. The molecule has 6 heteroatoms. The lowest BCUT2D eigenvalue weighted by molar-refractivity contribution is -0.142. The third-order valence-corrected chi connectivity index (χ3v) is 3.48. The molecular formula is C9H13N3O2S. The van der Waals surface area contributed by atoms with Crippen LogP contribution >= 0.6 is 11.3 Å². The van der Waals surface area contributed by atoms with Crippen LogP contribution < -0.4 is 5.32 Å². The molecule has 0 bridgehead atoms. The van der Waals surface area contributed by atoms with Gasteiger partial charge in [-0.1, -0.05) is 11.3 Å². The number of aliphatic carboxylic acids is 1. The fourth-order valence-electron chi connectivity index (χ4n) is 1.56. The molecule has 0 amide bonds. The lowest BCUT2D eigenvalue weighted by Gasteiger charge is -2.25. The number of rotatable bonds is 4. The van der Waals surface area contributed by atoms with Crippen LogP contribution in [0.15, 0.2) is 0 Å². The Morgan fingerprint density at radius 2 is 2.27 bits per heavy atom. The molecule has 2 rings (SSSR count). The van der Waals surface area contributed by atoms with Crippen LogP contribution in [0.3, 0.4) is 0 Å². The average molecular weight is 227 g/mol. The zero-order valence-electron chi connectivity index (χ0n) is 8.65. The minimum Gasteiger partial charge on any atom is -0.480 e. The maximum atomic E-state index is 11.2. The van der Waals surface area contributed by atoms with Crippen LogP contribution in [0.1, 0.15) is 24.8 Å². The van der Waals surface area contributed by atoms with Gasteiger partial charge in [0.2, 0.25) is 5.13 Å². The van der Waals surface area contributed by atoms with Gasteiger partial charge in [-0.2, -0.15) is 0 Å². The second-order valence-electron chi connectivity index (χ2n) is 4.03. The minimum absolute atomic E-state index is 0.208. The lowest BCUT2D eigenvalue weighted by Crippen LogP contribution is -2.45. The van der Waals surface area contributed by atoms with Gasteiger partial charge in [0, 0.05) is 0 Å². The van der Waals surface area contributed by atoms with E-state index in [4.69, 9.17) is 0 Å². The van der Waals surface area contributed by atoms with Crippen molar-refractivity contribution >= 4 is 22.4 Å². The topological polar surface area (TPSA) is 75.1 Å². The Morgan fingerprint density at radius 3 is 2.67 bits per heavy atom. The minimum atomic E-state index is -0.897. The number of hydrogen-bond acceptors (Lipinski definition) is 5. The van der Waals surface area contributed by atoms with Gasteiger partial charge >= 0.3 is 5.97 Å². The molecule has 1 fully saturated rings. The van der Waals surface area contributed by atoms with Gasteiger partial charge in [0.1, 0.15) is 10.5 Å². The first-order valence-electron chi connectivity index (χ1n) is 4.84. The quantitative estimate of drug-likeness (QED) is 0.815. The Balaban J connectivity index is 2.16. The number of aromatic nitrogens is 2. The molecule has 1 aromatic rings. The molecule has 0 aromatic carbocycles. The summed E-state index contributed by atoms with van der Waals surface area (Å²) in [5.74, 6) is -0.614. The van der Waals surface area contributed by atoms with Crippen molar-refractivity contribution in [3.05, 3.63) is 5.01 Å². The van der Waals surface area contributed by atoms with Crippen LogP contribution in [0.25, 0.3) is 0 Å². The van der Waals surface area contributed by atoms with Crippen molar-refractivity contribution in [3.8, 4) is 0 Å². The van der Waals surface area contributed by atoms with E-state index in [1.807, 2.05) is 6.92 Å². The van der Waals surface area contributed by atoms with E-state index >= 15 is 0 Å². The van der Waals surface area contributed by atoms with Crippen molar-refractivity contribution in [1.82, 2.24) is 10.2 Å². The van der Waals surface area contributed by atoms with Gasteiger partial charge in [-0.05, 0) is 32.6 Å². The first-order chi connectivity index (χ1) is 7.02. The molecule has 1 aliphatic carbocycles.